The van der Waals surface area contributed by atoms with E-state index in [1.807, 2.05) is 13.8 Å². The van der Waals surface area contributed by atoms with E-state index in [2.05, 4.69) is 0 Å². The van der Waals surface area contributed by atoms with Crippen molar-refractivity contribution in [2.75, 3.05) is 14.2 Å². The van der Waals surface area contributed by atoms with Gasteiger partial charge < -0.3 is 14.7 Å². The first-order chi connectivity index (χ1) is 10.5. The van der Waals surface area contributed by atoms with Gasteiger partial charge in [0.15, 0.2) is 12.2 Å². The first-order valence-electron chi connectivity index (χ1n) is 7.38. The molecule has 0 aliphatic carbocycles. The van der Waals surface area contributed by atoms with E-state index in [0.717, 1.165) is 6.42 Å². The molecule has 0 aromatic heterocycles. The Kier molecular flexibility index (Phi) is 7.30. The zero-order valence-electron chi connectivity index (χ0n) is 13.5. The molecule has 3 atom stereocenters. The fourth-order valence-corrected chi connectivity index (χ4v) is 2.42. The lowest BCUT2D eigenvalue weighted by Crippen LogP contribution is -3.00. The van der Waals surface area contributed by atoms with Crippen LogP contribution in [0, 0.1) is 11.1 Å². The summed E-state index contributed by atoms with van der Waals surface area (Å²) in [5.74, 6) is -1.62. The molecule has 1 rings (SSSR count). The van der Waals surface area contributed by atoms with Crippen molar-refractivity contribution in [1.29, 1.82) is 0 Å². The molecule has 0 spiro atoms. The molecule has 0 saturated carbocycles. The Labute approximate surface area is 130 Å². The van der Waals surface area contributed by atoms with E-state index >= 15 is 0 Å². The van der Waals surface area contributed by atoms with E-state index in [9.17, 15) is 14.8 Å². The van der Waals surface area contributed by atoms with Crippen molar-refractivity contribution in [3.05, 3.63) is 17.1 Å². The Morgan fingerprint density at radius 2 is 1.82 bits per heavy atom. The minimum absolute atomic E-state index is 0.350. The number of esters is 2. The van der Waals surface area contributed by atoms with E-state index in [0.29, 0.717) is 25.0 Å². The number of hydroxylamine groups is 4. The first kappa shape index (κ1) is 18.4. The molecule has 1 aliphatic rings. The van der Waals surface area contributed by atoms with Crippen LogP contribution < -0.4 is 5.23 Å². The molecule has 8 heteroatoms. The normalized spacial score (nSPS) is 20.3. The molecule has 0 aromatic rings. The Morgan fingerprint density at radius 3 is 2.32 bits per heavy atom. The molecular formula is C14H24N2O6. The van der Waals surface area contributed by atoms with Crippen LogP contribution in [0.4, 0.5) is 0 Å². The molecule has 0 bridgehead atoms. The van der Waals surface area contributed by atoms with E-state index < -0.39 is 29.1 Å². The number of carbonyl (C=O) groups excluding carboxylic acids is 2. The fourth-order valence-electron chi connectivity index (χ4n) is 2.42. The van der Waals surface area contributed by atoms with E-state index in [4.69, 9.17) is 14.4 Å². The van der Waals surface area contributed by atoms with Gasteiger partial charge in [0, 0.05) is 0 Å². The van der Waals surface area contributed by atoms with Gasteiger partial charge in [-0.1, -0.05) is 31.6 Å². The topological polar surface area (TPSA) is 92.6 Å². The molecule has 8 nitrogen and oxygen atoms in total. The maximum atomic E-state index is 12.0. The average Bonchev–Trinajstić information content (AvgIpc) is 2.89. The second-order valence-corrected chi connectivity index (χ2v) is 5.00. The van der Waals surface area contributed by atoms with Crippen molar-refractivity contribution < 1.29 is 29.2 Å². The van der Waals surface area contributed by atoms with Crippen molar-refractivity contribution in [1.82, 2.24) is 5.06 Å². The Balaban J connectivity index is 3.09. The molecule has 22 heavy (non-hydrogen) atoms. The second-order valence-electron chi connectivity index (χ2n) is 5.00. The summed E-state index contributed by atoms with van der Waals surface area (Å²) in [6.45, 7) is 3.82. The minimum atomic E-state index is -0.767. The third-order valence-corrected chi connectivity index (χ3v) is 3.45. The fraction of sp³-hybridized carbons (Fsp3) is 0.714. The molecule has 1 N–H and O–H groups in total. The van der Waals surface area contributed by atoms with Crippen molar-refractivity contribution in [2.45, 2.75) is 45.6 Å². The number of methoxy groups -OCH3 is 2. The summed E-state index contributed by atoms with van der Waals surface area (Å²) in [7, 11) is 2.56. The van der Waals surface area contributed by atoms with Crippen LogP contribution >= 0.6 is 0 Å². The van der Waals surface area contributed by atoms with Crippen LogP contribution in [0.15, 0.2) is 11.9 Å². The predicted molar refractivity (Wildman–Crippen MR) is 76.5 cm³/mol. The number of rotatable bonds is 8. The molecule has 3 unspecified atom stereocenters. The Hall–Kier alpha value is -1.64. The third kappa shape index (κ3) is 4.19. The SMILES string of the molecule is CCCC(C(=O)OC)C1=C[NH+]([O-])ON1C(CCC)C(=O)OC. The zero-order chi connectivity index (χ0) is 16.7. The highest BCUT2D eigenvalue weighted by molar-refractivity contribution is 5.78. The quantitative estimate of drug-likeness (QED) is 0.508. The highest BCUT2D eigenvalue weighted by atomic mass is 17.0. The largest absolute Gasteiger partial charge is 0.593 e. The van der Waals surface area contributed by atoms with Crippen LogP contribution in [0.5, 0.6) is 0 Å². The molecule has 0 aromatic carbocycles. The van der Waals surface area contributed by atoms with Gasteiger partial charge in [0.2, 0.25) is 0 Å². The summed E-state index contributed by atoms with van der Waals surface area (Å²) in [5.41, 5.74) is 0.350. The highest BCUT2D eigenvalue weighted by Gasteiger charge is 2.41. The predicted octanol–water partition coefficient (Wildman–Crippen LogP) is 0.304. The van der Waals surface area contributed by atoms with Gasteiger partial charge in [-0.2, -0.15) is 10.3 Å². The lowest BCUT2D eigenvalue weighted by Gasteiger charge is -2.28. The number of hydrogen-bond acceptors (Lipinski definition) is 7. The van der Waals surface area contributed by atoms with Crippen LogP contribution in [0.3, 0.4) is 0 Å². The van der Waals surface area contributed by atoms with Crippen LogP contribution in [0.25, 0.3) is 0 Å². The number of nitrogens with zero attached hydrogens (tertiary/aromatic N) is 1. The Bertz CT molecular complexity index is 426. The summed E-state index contributed by atoms with van der Waals surface area (Å²) in [6.07, 6.45) is 3.58. The van der Waals surface area contributed by atoms with Gasteiger partial charge in [-0.15, -0.1) is 0 Å². The summed E-state index contributed by atoms with van der Waals surface area (Å²) in [4.78, 5) is 29.1. The van der Waals surface area contributed by atoms with Gasteiger partial charge in [0.1, 0.15) is 11.6 Å². The molecule has 0 amide bonds. The molecule has 0 fully saturated rings. The molecule has 126 valence electrons. The summed E-state index contributed by atoms with van der Waals surface area (Å²) in [5, 5.41) is 12.3. The van der Waals surface area contributed by atoms with E-state index in [1.54, 1.807) is 0 Å². The summed E-state index contributed by atoms with van der Waals surface area (Å²) in [6, 6.07) is -0.767. The van der Waals surface area contributed by atoms with Crippen LogP contribution in [0.2, 0.25) is 0 Å². The van der Waals surface area contributed by atoms with E-state index in [1.165, 1.54) is 25.5 Å². The number of quaternary nitrogens is 1. The van der Waals surface area contributed by atoms with Gasteiger partial charge in [-0.25, -0.2) is 4.79 Å². The maximum absolute atomic E-state index is 12.0. The monoisotopic (exact) mass is 316 g/mol. The zero-order valence-corrected chi connectivity index (χ0v) is 13.5. The average molecular weight is 316 g/mol. The third-order valence-electron chi connectivity index (χ3n) is 3.45. The van der Waals surface area contributed by atoms with E-state index in [-0.39, 0.29) is 0 Å². The molecule has 1 aliphatic heterocycles. The van der Waals surface area contributed by atoms with Crippen molar-refractivity contribution in [3.63, 3.8) is 0 Å². The number of ether oxygens (including phenoxy) is 2. The van der Waals surface area contributed by atoms with Gasteiger partial charge >= 0.3 is 11.9 Å². The maximum Gasteiger partial charge on any atom is 0.331 e. The second kappa shape index (κ2) is 8.72. The summed E-state index contributed by atoms with van der Waals surface area (Å²) < 4.78 is 9.57. The minimum Gasteiger partial charge on any atom is -0.593 e. The standard InChI is InChI=1S/C14H24N2O6/c1-5-7-10(13(17)20-3)12-9-15(19)22-16(12)11(8-6-2)14(18)21-4/h9-11,15H,5-8H2,1-4H3. The smallest absolute Gasteiger partial charge is 0.331 e. The number of carbonyl (C=O) groups is 2. The van der Waals surface area contributed by atoms with Crippen molar-refractivity contribution >= 4 is 11.9 Å². The first-order valence-corrected chi connectivity index (χ1v) is 7.38. The summed E-state index contributed by atoms with van der Waals surface area (Å²) >= 11 is 0. The van der Waals surface area contributed by atoms with Crippen molar-refractivity contribution in [3.8, 4) is 0 Å². The van der Waals surface area contributed by atoms with Gasteiger partial charge in [-0.05, 0) is 12.8 Å². The van der Waals surface area contributed by atoms with Gasteiger partial charge in [-0.3, -0.25) is 4.79 Å². The Morgan fingerprint density at radius 1 is 1.23 bits per heavy atom. The van der Waals surface area contributed by atoms with Crippen LogP contribution in [0.1, 0.15) is 39.5 Å². The van der Waals surface area contributed by atoms with Gasteiger partial charge in [0.05, 0.1) is 14.2 Å². The lowest BCUT2D eigenvalue weighted by molar-refractivity contribution is -1.03. The molecule has 0 radical (unpaired) electrons. The van der Waals surface area contributed by atoms with Crippen LogP contribution in [-0.2, 0) is 24.0 Å². The molecule has 1 heterocycles. The number of hydrogen-bond donors (Lipinski definition) is 1. The molecular weight excluding hydrogens is 292 g/mol. The highest BCUT2D eigenvalue weighted by Crippen LogP contribution is 2.27. The van der Waals surface area contributed by atoms with Crippen molar-refractivity contribution in [2.24, 2.45) is 5.92 Å². The number of nitrogens with one attached hydrogen (secondary N) is 1. The molecule has 0 saturated heterocycles. The lowest BCUT2D eigenvalue weighted by atomic mass is 9.98. The van der Waals surface area contributed by atoms with Gasteiger partial charge in [0.25, 0.3) is 0 Å². The van der Waals surface area contributed by atoms with Crippen LogP contribution in [-0.4, -0.2) is 37.3 Å².